The van der Waals surface area contributed by atoms with Gasteiger partial charge in [0.1, 0.15) is 0 Å². The number of carbonyl (C=O) groups excluding carboxylic acids is 1. The van der Waals surface area contributed by atoms with Gasteiger partial charge in [-0.1, -0.05) is 54.6 Å². The number of nitrogens with zero attached hydrogens (tertiary/aromatic N) is 1. The van der Waals surface area contributed by atoms with Gasteiger partial charge >= 0.3 is 0 Å². The largest absolute Gasteiger partial charge is 0.336 e. The minimum absolute atomic E-state index is 0.0495. The maximum Gasteiger partial charge on any atom is 0.244 e. The zero-order chi connectivity index (χ0) is 19.8. The van der Waals surface area contributed by atoms with Crippen LogP contribution in [0.25, 0.3) is 0 Å². The van der Waals surface area contributed by atoms with Crippen LogP contribution in [-0.4, -0.2) is 49.9 Å². The molecule has 2 aromatic carbocycles. The lowest BCUT2D eigenvalue weighted by atomic mass is 9.83. The third-order valence-corrected chi connectivity index (χ3v) is 8.20. The van der Waals surface area contributed by atoms with E-state index in [0.717, 1.165) is 11.1 Å². The lowest BCUT2D eigenvalue weighted by Crippen LogP contribution is -2.59. The van der Waals surface area contributed by atoms with Crippen LogP contribution >= 0.6 is 0 Å². The van der Waals surface area contributed by atoms with E-state index in [0.29, 0.717) is 39.0 Å². The summed E-state index contributed by atoms with van der Waals surface area (Å²) in [4.78, 5) is 15.4. The molecule has 1 unspecified atom stereocenters. The Hall–Kier alpha value is -2.18. The highest BCUT2D eigenvalue weighted by atomic mass is 32.2. The van der Waals surface area contributed by atoms with E-state index in [1.807, 2.05) is 36.4 Å². The van der Waals surface area contributed by atoms with Gasteiger partial charge < -0.3 is 10.2 Å². The summed E-state index contributed by atoms with van der Waals surface area (Å²) in [5.74, 6) is -0.194. The molecule has 0 aromatic heterocycles. The van der Waals surface area contributed by atoms with Gasteiger partial charge in [-0.05, 0) is 42.6 Å². The van der Waals surface area contributed by atoms with Gasteiger partial charge in [0.2, 0.25) is 5.91 Å². The number of fused-ring (bicyclic) bond motifs is 1. The van der Waals surface area contributed by atoms with Crippen LogP contribution in [-0.2, 0) is 21.2 Å². The summed E-state index contributed by atoms with van der Waals surface area (Å²) in [6, 6.07) is 18.3. The molecular weight excluding hydrogens is 372 g/mol. The van der Waals surface area contributed by atoms with Crippen LogP contribution < -0.4 is 5.32 Å². The summed E-state index contributed by atoms with van der Waals surface area (Å²) in [6.45, 7) is 2.06. The second-order valence-corrected chi connectivity index (χ2v) is 10.2. The van der Waals surface area contributed by atoms with E-state index < -0.39 is 14.6 Å². The molecule has 1 saturated heterocycles. The standard InChI is InChI=1S/C22H26N2O3S/c1-28(26,27)22(11-13-23-14-12-22)21(25)24-15-18-9-5-6-10-19(18)20(16-24)17-7-3-2-4-8-17/h2-10,20,23H,11-16H2,1H3. The van der Waals surface area contributed by atoms with E-state index >= 15 is 0 Å². The SMILES string of the molecule is CS(=O)(=O)C1(C(=O)N2Cc3ccccc3C(c3ccccc3)C2)CCNCC1. The van der Waals surface area contributed by atoms with Crippen molar-refractivity contribution in [3.8, 4) is 0 Å². The highest BCUT2D eigenvalue weighted by Gasteiger charge is 2.51. The topological polar surface area (TPSA) is 66.5 Å². The number of amides is 1. The summed E-state index contributed by atoms with van der Waals surface area (Å²) in [5, 5.41) is 3.18. The molecule has 2 aliphatic rings. The van der Waals surface area contributed by atoms with Gasteiger partial charge in [-0.15, -0.1) is 0 Å². The first-order chi connectivity index (χ1) is 13.4. The fourth-order valence-corrected chi connectivity index (χ4v) is 5.99. The molecule has 148 valence electrons. The zero-order valence-electron chi connectivity index (χ0n) is 16.1. The van der Waals surface area contributed by atoms with Crippen LogP contribution in [0.4, 0.5) is 0 Å². The summed E-state index contributed by atoms with van der Waals surface area (Å²) in [7, 11) is -3.53. The molecule has 0 bridgehead atoms. The van der Waals surface area contributed by atoms with Gasteiger partial charge in [0.15, 0.2) is 14.6 Å². The summed E-state index contributed by atoms with van der Waals surface area (Å²) < 4.78 is 24.1. The number of nitrogens with one attached hydrogen (secondary N) is 1. The molecule has 1 atom stereocenters. The number of hydrogen-bond donors (Lipinski definition) is 1. The van der Waals surface area contributed by atoms with E-state index in [2.05, 4.69) is 23.5 Å². The molecule has 1 fully saturated rings. The lowest BCUT2D eigenvalue weighted by molar-refractivity contribution is -0.136. The monoisotopic (exact) mass is 398 g/mol. The normalized spacial score (nSPS) is 21.8. The number of piperidine rings is 1. The van der Waals surface area contributed by atoms with Crippen molar-refractivity contribution in [3.63, 3.8) is 0 Å². The van der Waals surface area contributed by atoms with Crippen molar-refractivity contribution in [2.24, 2.45) is 0 Å². The molecule has 0 spiro atoms. The van der Waals surface area contributed by atoms with Crippen LogP contribution in [0, 0.1) is 0 Å². The van der Waals surface area contributed by atoms with E-state index in [4.69, 9.17) is 0 Å². The highest BCUT2D eigenvalue weighted by molar-refractivity contribution is 7.92. The first-order valence-corrected chi connectivity index (χ1v) is 11.6. The molecule has 2 aliphatic heterocycles. The molecule has 0 saturated carbocycles. The van der Waals surface area contributed by atoms with Crippen molar-refractivity contribution < 1.29 is 13.2 Å². The van der Waals surface area contributed by atoms with Gasteiger partial charge in [0.25, 0.3) is 0 Å². The van der Waals surface area contributed by atoms with E-state index in [1.165, 1.54) is 11.8 Å². The number of benzene rings is 2. The minimum Gasteiger partial charge on any atom is -0.336 e. The Morgan fingerprint density at radius 1 is 1.04 bits per heavy atom. The Morgan fingerprint density at radius 3 is 2.36 bits per heavy atom. The predicted octanol–water partition coefficient (Wildman–Crippen LogP) is 2.33. The third kappa shape index (κ3) is 3.25. The molecular formula is C22H26N2O3S. The number of rotatable bonds is 3. The lowest BCUT2D eigenvalue weighted by Gasteiger charge is -2.42. The van der Waals surface area contributed by atoms with Crippen LogP contribution in [0.1, 0.15) is 35.4 Å². The Balaban J connectivity index is 1.74. The second kappa shape index (κ2) is 7.33. The van der Waals surface area contributed by atoms with E-state index in [9.17, 15) is 13.2 Å². The summed E-state index contributed by atoms with van der Waals surface area (Å²) in [6.07, 6.45) is 1.88. The maximum absolute atomic E-state index is 13.6. The number of hydrogen-bond acceptors (Lipinski definition) is 4. The van der Waals surface area contributed by atoms with E-state index in [1.54, 1.807) is 4.90 Å². The molecule has 0 aliphatic carbocycles. The van der Waals surface area contributed by atoms with E-state index in [-0.39, 0.29) is 11.8 Å². The van der Waals surface area contributed by atoms with Gasteiger partial charge in [-0.2, -0.15) is 0 Å². The molecule has 1 N–H and O–H groups in total. The first kappa shape index (κ1) is 19.2. The molecule has 6 heteroatoms. The maximum atomic E-state index is 13.6. The van der Waals surface area contributed by atoms with Crippen molar-refractivity contribution in [2.75, 3.05) is 25.9 Å². The molecule has 2 aromatic rings. The predicted molar refractivity (Wildman–Crippen MR) is 110 cm³/mol. The van der Waals surface area contributed by atoms with Crippen molar-refractivity contribution in [3.05, 3.63) is 71.3 Å². The van der Waals surface area contributed by atoms with Gasteiger partial charge in [0, 0.05) is 25.3 Å². The number of sulfone groups is 1. The minimum atomic E-state index is -3.53. The molecule has 1 amide bonds. The van der Waals surface area contributed by atoms with Crippen LogP contribution in [0.3, 0.4) is 0 Å². The molecule has 28 heavy (non-hydrogen) atoms. The molecule has 5 nitrogen and oxygen atoms in total. The van der Waals surface area contributed by atoms with Crippen molar-refractivity contribution in [1.29, 1.82) is 0 Å². The quantitative estimate of drug-likeness (QED) is 0.862. The van der Waals surface area contributed by atoms with Gasteiger partial charge in [-0.3, -0.25) is 4.79 Å². The smallest absolute Gasteiger partial charge is 0.244 e. The summed E-state index contributed by atoms with van der Waals surface area (Å²) >= 11 is 0. The average molecular weight is 399 g/mol. The average Bonchev–Trinajstić information content (AvgIpc) is 2.72. The molecule has 0 radical (unpaired) electrons. The fourth-order valence-electron chi connectivity index (χ4n) is 4.59. The van der Waals surface area contributed by atoms with Crippen molar-refractivity contribution in [2.45, 2.75) is 30.1 Å². The second-order valence-electron chi connectivity index (χ2n) is 7.86. The number of carbonyl (C=O) groups is 1. The van der Waals surface area contributed by atoms with Gasteiger partial charge in [-0.25, -0.2) is 8.42 Å². The van der Waals surface area contributed by atoms with Crippen molar-refractivity contribution in [1.82, 2.24) is 10.2 Å². The Bertz CT molecular complexity index is 966. The Kier molecular flexibility index (Phi) is 5.02. The fraction of sp³-hybridized carbons (Fsp3) is 0.409. The van der Waals surface area contributed by atoms with Gasteiger partial charge in [0.05, 0.1) is 0 Å². The van der Waals surface area contributed by atoms with Crippen LogP contribution in [0.15, 0.2) is 54.6 Å². The van der Waals surface area contributed by atoms with Crippen molar-refractivity contribution >= 4 is 15.7 Å². The first-order valence-electron chi connectivity index (χ1n) is 9.75. The van der Waals surface area contributed by atoms with Crippen LogP contribution in [0.2, 0.25) is 0 Å². The molecule has 4 rings (SSSR count). The third-order valence-electron chi connectivity index (χ3n) is 6.19. The Morgan fingerprint density at radius 2 is 1.68 bits per heavy atom. The van der Waals surface area contributed by atoms with Crippen LogP contribution in [0.5, 0.6) is 0 Å². The highest BCUT2D eigenvalue weighted by Crippen LogP contribution is 2.37. The Labute approximate surface area is 166 Å². The molecule has 2 heterocycles. The summed E-state index contributed by atoms with van der Waals surface area (Å²) in [5.41, 5.74) is 3.45. The zero-order valence-corrected chi connectivity index (χ0v) is 16.9.